The highest BCUT2D eigenvalue weighted by atomic mass is 35.5. The van der Waals surface area contributed by atoms with Crippen LogP contribution >= 0.6 is 11.6 Å². The predicted octanol–water partition coefficient (Wildman–Crippen LogP) is 4.80. The highest BCUT2D eigenvalue weighted by molar-refractivity contribution is 6.30. The summed E-state index contributed by atoms with van der Waals surface area (Å²) in [5, 5.41) is 4.59. The van der Waals surface area contributed by atoms with Crippen molar-refractivity contribution < 1.29 is 13.7 Å². The van der Waals surface area contributed by atoms with Gasteiger partial charge in [-0.1, -0.05) is 16.8 Å². The van der Waals surface area contributed by atoms with E-state index in [4.69, 9.17) is 16.1 Å². The standard InChI is InChI=1S/C19H16ClFN2O2/c1-2-23(19(24)14-3-7-15(20)8-4-14)12-17-11-18(25-22-17)13-5-9-16(21)10-6-13/h3-11H,2,12H2,1H3. The van der Waals surface area contributed by atoms with Crippen LogP contribution in [-0.2, 0) is 6.54 Å². The maximum atomic E-state index is 13.0. The highest BCUT2D eigenvalue weighted by Crippen LogP contribution is 2.21. The zero-order valence-electron chi connectivity index (χ0n) is 13.6. The minimum Gasteiger partial charge on any atom is -0.356 e. The summed E-state index contributed by atoms with van der Waals surface area (Å²) < 4.78 is 18.3. The Balaban J connectivity index is 1.75. The molecular formula is C19H16ClFN2O2. The maximum absolute atomic E-state index is 13.0. The van der Waals surface area contributed by atoms with E-state index < -0.39 is 0 Å². The van der Waals surface area contributed by atoms with E-state index in [9.17, 15) is 9.18 Å². The van der Waals surface area contributed by atoms with Gasteiger partial charge < -0.3 is 9.42 Å². The molecule has 3 rings (SSSR count). The molecule has 0 bridgehead atoms. The van der Waals surface area contributed by atoms with Crippen LogP contribution in [0.15, 0.2) is 59.1 Å². The number of carbonyl (C=O) groups excluding carboxylic acids is 1. The summed E-state index contributed by atoms with van der Waals surface area (Å²) in [6.07, 6.45) is 0. The third-order valence-electron chi connectivity index (χ3n) is 3.80. The van der Waals surface area contributed by atoms with Gasteiger partial charge in [-0.25, -0.2) is 4.39 Å². The second kappa shape index (κ2) is 7.49. The molecule has 0 saturated carbocycles. The fourth-order valence-corrected chi connectivity index (χ4v) is 2.56. The lowest BCUT2D eigenvalue weighted by atomic mass is 10.1. The molecule has 1 aromatic heterocycles. The number of halogens is 2. The first-order valence-electron chi connectivity index (χ1n) is 7.83. The molecule has 1 heterocycles. The summed E-state index contributed by atoms with van der Waals surface area (Å²) in [5.41, 5.74) is 1.92. The van der Waals surface area contributed by atoms with E-state index in [-0.39, 0.29) is 11.7 Å². The lowest BCUT2D eigenvalue weighted by Crippen LogP contribution is -2.30. The van der Waals surface area contributed by atoms with Crippen LogP contribution in [-0.4, -0.2) is 22.5 Å². The van der Waals surface area contributed by atoms with E-state index in [2.05, 4.69) is 5.16 Å². The Morgan fingerprint density at radius 2 is 1.84 bits per heavy atom. The zero-order chi connectivity index (χ0) is 17.8. The monoisotopic (exact) mass is 358 g/mol. The second-order valence-corrected chi connectivity index (χ2v) is 5.95. The Morgan fingerprint density at radius 1 is 1.16 bits per heavy atom. The molecule has 0 aliphatic rings. The van der Waals surface area contributed by atoms with Gasteiger partial charge in [-0.05, 0) is 55.5 Å². The Morgan fingerprint density at radius 3 is 2.48 bits per heavy atom. The number of rotatable bonds is 5. The van der Waals surface area contributed by atoms with Crippen molar-refractivity contribution in [2.75, 3.05) is 6.54 Å². The van der Waals surface area contributed by atoms with Crippen molar-refractivity contribution in [2.24, 2.45) is 0 Å². The number of amides is 1. The van der Waals surface area contributed by atoms with Gasteiger partial charge in [-0.15, -0.1) is 0 Å². The van der Waals surface area contributed by atoms with Crippen LogP contribution in [0.3, 0.4) is 0 Å². The van der Waals surface area contributed by atoms with Crippen molar-refractivity contribution in [3.63, 3.8) is 0 Å². The van der Waals surface area contributed by atoms with Gasteiger partial charge in [0.2, 0.25) is 0 Å². The van der Waals surface area contributed by atoms with Crippen molar-refractivity contribution >= 4 is 17.5 Å². The summed E-state index contributed by atoms with van der Waals surface area (Å²) in [6.45, 7) is 2.75. The number of aromatic nitrogens is 1. The van der Waals surface area contributed by atoms with Crippen LogP contribution in [0.4, 0.5) is 4.39 Å². The van der Waals surface area contributed by atoms with Crippen LogP contribution < -0.4 is 0 Å². The Labute approximate surface area is 149 Å². The minimum atomic E-state index is -0.311. The van der Waals surface area contributed by atoms with Crippen LogP contribution in [0.25, 0.3) is 11.3 Å². The molecule has 0 radical (unpaired) electrons. The molecule has 2 aromatic carbocycles. The molecule has 0 fully saturated rings. The first kappa shape index (κ1) is 17.2. The summed E-state index contributed by atoms with van der Waals surface area (Å²) in [6, 6.07) is 14.5. The lowest BCUT2D eigenvalue weighted by molar-refractivity contribution is 0.0749. The molecule has 0 N–H and O–H groups in total. The average molecular weight is 359 g/mol. The van der Waals surface area contributed by atoms with Gasteiger partial charge in [0.25, 0.3) is 5.91 Å². The summed E-state index contributed by atoms with van der Waals surface area (Å²) in [4.78, 5) is 14.3. The van der Waals surface area contributed by atoms with E-state index in [1.165, 1.54) is 12.1 Å². The molecule has 0 spiro atoms. The fourth-order valence-electron chi connectivity index (χ4n) is 2.43. The molecule has 0 saturated heterocycles. The van der Waals surface area contributed by atoms with Crippen LogP contribution in [0.1, 0.15) is 23.0 Å². The Bertz CT molecular complexity index is 860. The number of hydrogen-bond donors (Lipinski definition) is 0. The van der Waals surface area contributed by atoms with Gasteiger partial charge in [0, 0.05) is 28.8 Å². The van der Waals surface area contributed by atoms with E-state index in [1.807, 2.05) is 6.92 Å². The molecule has 0 aliphatic carbocycles. The van der Waals surface area contributed by atoms with Crippen molar-refractivity contribution in [1.29, 1.82) is 0 Å². The Hall–Kier alpha value is -2.66. The summed E-state index contributed by atoms with van der Waals surface area (Å²) in [5.74, 6) is 0.115. The number of nitrogens with zero attached hydrogens (tertiary/aromatic N) is 2. The molecule has 0 atom stereocenters. The van der Waals surface area contributed by atoms with Crippen molar-refractivity contribution in [3.8, 4) is 11.3 Å². The number of carbonyl (C=O) groups is 1. The van der Waals surface area contributed by atoms with Crippen LogP contribution in [0.5, 0.6) is 0 Å². The molecule has 6 heteroatoms. The SMILES string of the molecule is CCN(Cc1cc(-c2ccc(F)cc2)on1)C(=O)c1ccc(Cl)cc1. The van der Waals surface area contributed by atoms with Gasteiger partial charge in [0.05, 0.1) is 6.54 Å². The topological polar surface area (TPSA) is 46.3 Å². The number of hydrogen-bond acceptors (Lipinski definition) is 3. The molecule has 128 valence electrons. The summed E-state index contributed by atoms with van der Waals surface area (Å²) >= 11 is 5.86. The van der Waals surface area contributed by atoms with Crippen molar-refractivity contribution in [2.45, 2.75) is 13.5 Å². The lowest BCUT2D eigenvalue weighted by Gasteiger charge is -2.19. The van der Waals surface area contributed by atoms with E-state index >= 15 is 0 Å². The quantitative estimate of drug-likeness (QED) is 0.658. The molecule has 25 heavy (non-hydrogen) atoms. The maximum Gasteiger partial charge on any atom is 0.254 e. The van der Waals surface area contributed by atoms with Gasteiger partial charge in [-0.2, -0.15) is 0 Å². The van der Waals surface area contributed by atoms with E-state index in [0.29, 0.717) is 35.1 Å². The predicted molar refractivity (Wildman–Crippen MR) is 93.8 cm³/mol. The molecule has 3 aromatic rings. The second-order valence-electron chi connectivity index (χ2n) is 5.52. The van der Waals surface area contributed by atoms with Crippen molar-refractivity contribution in [1.82, 2.24) is 10.1 Å². The smallest absolute Gasteiger partial charge is 0.254 e. The van der Waals surface area contributed by atoms with Gasteiger partial charge in [0.15, 0.2) is 5.76 Å². The van der Waals surface area contributed by atoms with Gasteiger partial charge in [0.1, 0.15) is 11.5 Å². The molecule has 4 nitrogen and oxygen atoms in total. The van der Waals surface area contributed by atoms with E-state index in [1.54, 1.807) is 47.4 Å². The van der Waals surface area contributed by atoms with E-state index in [0.717, 1.165) is 5.56 Å². The third-order valence-corrected chi connectivity index (χ3v) is 4.05. The van der Waals surface area contributed by atoms with Crippen molar-refractivity contribution in [3.05, 3.63) is 76.7 Å². The third kappa shape index (κ3) is 4.06. The van der Waals surface area contributed by atoms with Gasteiger partial charge in [-0.3, -0.25) is 4.79 Å². The first-order chi connectivity index (χ1) is 12.1. The molecule has 0 aliphatic heterocycles. The van der Waals surface area contributed by atoms with Crippen LogP contribution in [0, 0.1) is 5.82 Å². The first-order valence-corrected chi connectivity index (χ1v) is 8.21. The minimum absolute atomic E-state index is 0.106. The summed E-state index contributed by atoms with van der Waals surface area (Å²) in [7, 11) is 0. The number of benzene rings is 2. The fraction of sp³-hybridized carbons (Fsp3) is 0.158. The zero-order valence-corrected chi connectivity index (χ0v) is 14.3. The Kier molecular flexibility index (Phi) is 5.14. The molecule has 0 unspecified atom stereocenters. The highest BCUT2D eigenvalue weighted by Gasteiger charge is 2.17. The average Bonchev–Trinajstić information content (AvgIpc) is 3.09. The molecular weight excluding hydrogens is 343 g/mol. The van der Waals surface area contributed by atoms with Gasteiger partial charge >= 0.3 is 0 Å². The normalized spacial score (nSPS) is 10.7. The molecule has 1 amide bonds. The largest absolute Gasteiger partial charge is 0.356 e. The van der Waals surface area contributed by atoms with Crippen LogP contribution in [0.2, 0.25) is 5.02 Å².